The number of fused-ring (bicyclic) bond motifs is 3. The van der Waals surface area contributed by atoms with E-state index < -0.39 is 11.7 Å². The summed E-state index contributed by atoms with van der Waals surface area (Å²) in [6, 6.07) is 7.79. The predicted octanol–water partition coefficient (Wildman–Crippen LogP) is 2.98. The highest BCUT2D eigenvalue weighted by molar-refractivity contribution is 7.16. The average Bonchev–Trinajstić information content (AvgIpc) is 3.48. The summed E-state index contributed by atoms with van der Waals surface area (Å²) in [4.78, 5) is 18.1. The molecule has 4 atom stereocenters. The molecule has 0 saturated carbocycles. The molecule has 4 aromatic rings. The molecule has 172 valence electrons. The Bertz CT molecular complexity index is 1390. The van der Waals surface area contributed by atoms with Crippen molar-refractivity contribution in [3.63, 3.8) is 0 Å². The molecule has 1 spiro atoms. The Labute approximate surface area is 197 Å². The highest BCUT2D eigenvalue weighted by Crippen LogP contribution is 2.51. The second-order valence-electron chi connectivity index (χ2n) is 8.98. The highest BCUT2D eigenvalue weighted by Gasteiger charge is 2.48. The Hall–Kier alpha value is -2.50. The van der Waals surface area contributed by atoms with Crippen LogP contribution >= 0.6 is 22.9 Å². The van der Waals surface area contributed by atoms with Gasteiger partial charge in [0.05, 0.1) is 46.5 Å². The lowest BCUT2D eigenvalue weighted by Gasteiger charge is -2.46. The van der Waals surface area contributed by atoms with Gasteiger partial charge in [0.25, 0.3) is 0 Å². The molecule has 6 rings (SSSR count). The molecule has 9 nitrogen and oxygen atoms in total. The summed E-state index contributed by atoms with van der Waals surface area (Å²) in [5.74, 6) is 0. The summed E-state index contributed by atoms with van der Waals surface area (Å²) >= 11 is 7.81. The smallest absolute Gasteiger partial charge is 0.323 e. The number of halogens is 1. The van der Waals surface area contributed by atoms with E-state index in [1.54, 1.807) is 4.68 Å². The summed E-state index contributed by atoms with van der Waals surface area (Å²) in [5, 5.41) is 22.8. The Morgan fingerprint density at radius 2 is 2.15 bits per heavy atom. The number of piperidine rings is 1. The maximum Gasteiger partial charge on any atom is 0.323 e. The van der Waals surface area contributed by atoms with E-state index in [0.29, 0.717) is 17.3 Å². The van der Waals surface area contributed by atoms with Crippen LogP contribution in [0.25, 0.3) is 11.0 Å². The van der Waals surface area contributed by atoms with Gasteiger partial charge in [-0.3, -0.25) is 0 Å². The van der Waals surface area contributed by atoms with Crippen molar-refractivity contribution < 1.29 is 9.84 Å². The van der Waals surface area contributed by atoms with Crippen molar-refractivity contribution >= 4 is 34.0 Å². The zero-order valence-electron chi connectivity index (χ0n) is 17.8. The van der Waals surface area contributed by atoms with E-state index >= 15 is 0 Å². The number of aromatic amines is 2. The molecule has 11 heteroatoms. The van der Waals surface area contributed by atoms with Crippen LogP contribution in [0.5, 0.6) is 0 Å². The second kappa shape index (κ2) is 7.78. The van der Waals surface area contributed by atoms with Gasteiger partial charge in [0.15, 0.2) is 0 Å². The molecule has 0 aliphatic carbocycles. The van der Waals surface area contributed by atoms with E-state index in [9.17, 15) is 9.90 Å². The van der Waals surface area contributed by atoms with E-state index in [1.165, 1.54) is 11.3 Å². The molecule has 2 aliphatic heterocycles. The standard InChI is InChI=1S/C22H23ClN6O3S/c1-11-6-22(20-13(5-19(23)33-20)18(30)10-32-22)7-16(24-11)17-9-29(28-27-17)8-12-2-3-14-15(4-12)26-21(31)25-14/h2-5,9,11,16,18,24,30H,6-8,10H2,1H3,(H2,25,26,31)/t11-,16-,18+,22?/m0/s1. The monoisotopic (exact) mass is 486 g/mol. The van der Waals surface area contributed by atoms with Gasteiger partial charge in [-0.1, -0.05) is 22.9 Å². The van der Waals surface area contributed by atoms with Gasteiger partial charge in [0, 0.05) is 22.9 Å². The molecule has 5 heterocycles. The summed E-state index contributed by atoms with van der Waals surface area (Å²) in [5.41, 5.74) is 3.56. The Kier molecular flexibility index (Phi) is 4.96. The molecule has 1 saturated heterocycles. The third-order valence-electron chi connectivity index (χ3n) is 6.51. The summed E-state index contributed by atoms with van der Waals surface area (Å²) < 4.78 is 8.77. The van der Waals surface area contributed by atoms with Crippen molar-refractivity contribution in [2.24, 2.45) is 0 Å². The maximum atomic E-state index is 11.5. The number of rotatable bonds is 3. The number of nitrogens with zero attached hydrogens (tertiary/aromatic N) is 3. The predicted molar refractivity (Wildman–Crippen MR) is 125 cm³/mol. The normalized spacial score (nSPS) is 27.3. The molecular weight excluding hydrogens is 464 g/mol. The van der Waals surface area contributed by atoms with E-state index in [4.69, 9.17) is 16.3 Å². The number of benzene rings is 1. The van der Waals surface area contributed by atoms with Crippen LogP contribution in [-0.4, -0.2) is 42.7 Å². The zero-order chi connectivity index (χ0) is 22.7. The Morgan fingerprint density at radius 3 is 3.03 bits per heavy atom. The van der Waals surface area contributed by atoms with Gasteiger partial charge in [-0.05, 0) is 37.1 Å². The first-order valence-electron chi connectivity index (χ1n) is 10.9. The fourth-order valence-corrected chi connectivity index (χ4v) is 6.60. The van der Waals surface area contributed by atoms with Crippen LogP contribution in [0, 0.1) is 0 Å². The SMILES string of the molecule is C[C@H]1CC2(C[C@@H](c3cn(Cc4ccc5[nH]c(=O)[nH]c5c4)nn3)N1)OC[C@@H](O)c1cc(Cl)sc12. The average molecular weight is 487 g/mol. The van der Waals surface area contributed by atoms with E-state index in [0.717, 1.165) is 39.2 Å². The number of thiophene rings is 1. The maximum absolute atomic E-state index is 11.5. The van der Waals surface area contributed by atoms with E-state index in [1.807, 2.05) is 30.5 Å². The number of ether oxygens (including phenoxy) is 1. The van der Waals surface area contributed by atoms with Crippen molar-refractivity contribution in [3.8, 4) is 0 Å². The van der Waals surface area contributed by atoms with Crippen LogP contribution in [0.15, 0.2) is 35.3 Å². The van der Waals surface area contributed by atoms with Crippen LogP contribution in [0.2, 0.25) is 4.34 Å². The zero-order valence-corrected chi connectivity index (χ0v) is 19.4. The molecular formula is C22H23ClN6O3S. The van der Waals surface area contributed by atoms with Gasteiger partial charge in [-0.25, -0.2) is 9.48 Å². The number of aromatic nitrogens is 5. The largest absolute Gasteiger partial charge is 0.386 e. The number of imidazole rings is 1. The van der Waals surface area contributed by atoms with Crippen molar-refractivity contribution in [1.29, 1.82) is 0 Å². The first-order chi connectivity index (χ1) is 15.9. The number of nitrogens with one attached hydrogen (secondary N) is 3. The Balaban J connectivity index is 1.26. The molecule has 3 aromatic heterocycles. The lowest BCUT2D eigenvalue weighted by atomic mass is 9.79. The van der Waals surface area contributed by atoms with E-state index in [2.05, 4.69) is 32.5 Å². The van der Waals surface area contributed by atoms with Crippen molar-refractivity contribution in [1.82, 2.24) is 30.3 Å². The first kappa shape index (κ1) is 21.1. The number of hydrogen-bond acceptors (Lipinski definition) is 7. The van der Waals surface area contributed by atoms with Crippen LogP contribution < -0.4 is 11.0 Å². The first-order valence-corrected chi connectivity index (χ1v) is 12.1. The van der Waals surface area contributed by atoms with Crippen LogP contribution in [0.4, 0.5) is 0 Å². The molecule has 1 unspecified atom stereocenters. The van der Waals surface area contributed by atoms with Gasteiger partial charge in [-0.2, -0.15) is 0 Å². The molecule has 1 aromatic carbocycles. The Morgan fingerprint density at radius 1 is 1.30 bits per heavy atom. The minimum absolute atomic E-state index is 0.0463. The lowest BCUT2D eigenvalue weighted by molar-refractivity contribution is -0.129. The van der Waals surface area contributed by atoms with Gasteiger partial charge in [-0.15, -0.1) is 16.4 Å². The third-order valence-corrected chi connectivity index (χ3v) is 7.98. The molecule has 0 bridgehead atoms. The van der Waals surface area contributed by atoms with Gasteiger partial charge < -0.3 is 25.1 Å². The van der Waals surface area contributed by atoms with Crippen LogP contribution in [-0.2, 0) is 16.9 Å². The highest BCUT2D eigenvalue weighted by atomic mass is 35.5. The summed E-state index contributed by atoms with van der Waals surface area (Å²) in [6.45, 7) is 2.93. The number of H-pyrrole nitrogens is 2. The summed E-state index contributed by atoms with van der Waals surface area (Å²) in [6.07, 6.45) is 2.78. The number of aliphatic hydroxyl groups is 1. The molecule has 2 aliphatic rings. The molecule has 4 N–H and O–H groups in total. The van der Waals surface area contributed by atoms with Crippen molar-refractivity contribution in [2.75, 3.05) is 6.61 Å². The lowest BCUT2D eigenvalue weighted by Crippen LogP contribution is -2.50. The van der Waals surface area contributed by atoms with Crippen molar-refractivity contribution in [3.05, 3.63) is 67.0 Å². The van der Waals surface area contributed by atoms with Crippen molar-refractivity contribution in [2.45, 2.75) is 50.1 Å². The topological polar surface area (TPSA) is 121 Å². The summed E-state index contributed by atoms with van der Waals surface area (Å²) in [7, 11) is 0. The van der Waals surface area contributed by atoms with Crippen LogP contribution in [0.1, 0.15) is 53.6 Å². The van der Waals surface area contributed by atoms with Gasteiger partial charge >= 0.3 is 5.69 Å². The van der Waals surface area contributed by atoms with E-state index in [-0.39, 0.29) is 24.4 Å². The van der Waals surface area contributed by atoms with Gasteiger partial charge in [0.1, 0.15) is 11.7 Å². The minimum Gasteiger partial charge on any atom is -0.386 e. The second-order valence-corrected chi connectivity index (χ2v) is 10.7. The fourth-order valence-electron chi connectivity index (χ4n) is 5.15. The number of aliphatic hydroxyl groups excluding tert-OH is 1. The molecule has 33 heavy (non-hydrogen) atoms. The quantitative estimate of drug-likeness (QED) is 0.353. The fraction of sp³-hybridized carbons (Fsp3) is 0.409. The third kappa shape index (κ3) is 3.71. The molecule has 0 amide bonds. The minimum atomic E-state index is -0.647. The number of hydrogen-bond donors (Lipinski definition) is 4. The van der Waals surface area contributed by atoms with Crippen LogP contribution in [0.3, 0.4) is 0 Å². The molecule has 0 radical (unpaired) electrons. The molecule has 1 fully saturated rings. The van der Waals surface area contributed by atoms with Gasteiger partial charge in [0.2, 0.25) is 0 Å².